The van der Waals surface area contributed by atoms with Gasteiger partial charge in [-0.25, -0.2) is 18.8 Å². The van der Waals surface area contributed by atoms with Crippen molar-refractivity contribution in [1.29, 1.82) is 0 Å². The molecule has 0 bridgehead atoms. The first kappa shape index (κ1) is 27.3. The Hall–Kier alpha value is -3.95. The summed E-state index contributed by atoms with van der Waals surface area (Å²) in [5.74, 6) is -3.86. The molecule has 0 aliphatic heterocycles. The van der Waals surface area contributed by atoms with Gasteiger partial charge in [0.25, 0.3) is 5.91 Å². The van der Waals surface area contributed by atoms with Gasteiger partial charge in [-0.15, -0.1) is 0 Å². The molecule has 35 heavy (non-hydrogen) atoms. The van der Waals surface area contributed by atoms with Gasteiger partial charge in [0.2, 0.25) is 6.10 Å². The van der Waals surface area contributed by atoms with Gasteiger partial charge in [-0.3, -0.25) is 4.79 Å². The summed E-state index contributed by atoms with van der Waals surface area (Å²) in [5, 5.41) is 23.1. The van der Waals surface area contributed by atoms with E-state index in [1.54, 1.807) is 13.0 Å². The van der Waals surface area contributed by atoms with Crippen LogP contribution in [0, 0.1) is 5.82 Å². The van der Waals surface area contributed by atoms with Crippen molar-refractivity contribution in [3.63, 3.8) is 0 Å². The monoisotopic (exact) mass is 488 g/mol. The molecule has 0 unspecified atom stereocenters. The van der Waals surface area contributed by atoms with Crippen LogP contribution in [-0.2, 0) is 14.3 Å². The number of carbonyl (C=O) groups excluding carboxylic acids is 2. The highest BCUT2D eigenvalue weighted by atomic mass is 19.1. The molecule has 0 heterocycles. The zero-order chi connectivity index (χ0) is 25.8. The fourth-order valence-electron chi connectivity index (χ4n) is 3.35. The van der Waals surface area contributed by atoms with Crippen LogP contribution in [0.4, 0.5) is 9.18 Å². The number of ether oxygens (including phenoxy) is 1. The average Bonchev–Trinajstić information content (AvgIpc) is 2.83. The lowest BCUT2D eigenvalue weighted by Crippen LogP contribution is -2.43. The third-order valence-corrected chi connectivity index (χ3v) is 5.19. The van der Waals surface area contributed by atoms with Crippen LogP contribution in [0.1, 0.15) is 49.4 Å². The summed E-state index contributed by atoms with van der Waals surface area (Å²) in [4.78, 5) is 46.7. The van der Waals surface area contributed by atoms with Crippen LogP contribution in [-0.4, -0.2) is 52.8 Å². The minimum absolute atomic E-state index is 0.0374. The molecule has 4 N–H and O–H groups in total. The van der Waals surface area contributed by atoms with Crippen molar-refractivity contribution in [1.82, 2.24) is 10.6 Å². The van der Waals surface area contributed by atoms with Crippen molar-refractivity contribution >= 4 is 23.9 Å². The van der Waals surface area contributed by atoms with Crippen LogP contribution in [0.15, 0.2) is 48.5 Å². The molecule has 0 spiro atoms. The fraction of sp³-hybridized carbons (Fsp3) is 0.360. The predicted octanol–water partition coefficient (Wildman–Crippen LogP) is 3.83. The Bertz CT molecular complexity index is 1030. The molecular formula is C25H29FN2O7. The topological polar surface area (TPSA) is 142 Å². The van der Waals surface area contributed by atoms with Gasteiger partial charge in [-0.2, -0.15) is 0 Å². The van der Waals surface area contributed by atoms with Gasteiger partial charge in [0.05, 0.1) is 5.56 Å². The number of carboxylic acid groups (broad SMARTS) is 2. The molecule has 0 saturated carbocycles. The summed E-state index contributed by atoms with van der Waals surface area (Å²) in [6.45, 7) is 1.91. The molecule has 2 rings (SSSR count). The van der Waals surface area contributed by atoms with Crippen molar-refractivity contribution < 1.29 is 38.5 Å². The number of nitrogens with one attached hydrogen (secondary N) is 2. The van der Waals surface area contributed by atoms with Crippen molar-refractivity contribution in [3.05, 3.63) is 59.9 Å². The molecule has 0 aromatic heterocycles. The van der Waals surface area contributed by atoms with Gasteiger partial charge in [0.1, 0.15) is 11.9 Å². The van der Waals surface area contributed by atoms with Crippen LogP contribution in [0.25, 0.3) is 11.1 Å². The number of aliphatic carboxylic acids is 2. The molecule has 2 atom stereocenters. The second-order valence-electron chi connectivity index (χ2n) is 7.87. The molecule has 0 fully saturated rings. The van der Waals surface area contributed by atoms with E-state index < -0.39 is 41.9 Å². The van der Waals surface area contributed by atoms with Gasteiger partial charge in [0, 0.05) is 6.54 Å². The van der Waals surface area contributed by atoms with Crippen LogP contribution in [0.5, 0.6) is 0 Å². The summed E-state index contributed by atoms with van der Waals surface area (Å²) in [6, 6.07) is 12.4. The first-order valence-corrected chi connectivity index (χ1v) is 11.3. The highest BCUT2D eigenvalue weighted by molar-refractivity contribution is 5.95. The summed E-state index contributed by atoms with van der Waals surface area (Å²) in [7, 11) is 0. The number of benzene rings is 2. The normalized spacial score (nSPS) is 12.3. The lowest BCUT2D eigenvalue weighted by molar-refractivity contribution is -0.147. The quantitative estimate of drug-likeness (QED) is 0.314. The van der Waals surface area contributed by atoms with E-state index in [2.05, 4.69) is 10.6 Å². The molecular weight excluding hydrogens is 459 g/mol. The van der Waals surface area contributed by atoms with Crippen LogP contribution < -0.4 is 10.6 Å². The number of amides is 2. The van der Waals surface area contributed by atoms with E-state index in [1.807, 2.05) is 30.3 Å². The smallest absolute Gasteiger partial charge is 0.408 e. The highest BCUT2D eigenvalue weighted by Gasteiger charge is 2.25. The minimum atomic E-state index is -1.47. The summed E-state index contributed by atoms with van der Waals surface area (Å²) in [6.07, 6.45) is -1.30. The largest absolute Gasteiger partial charge is 0.480 e. The lowest BCUT2D eigenvalue weighted by atomic mass is 10.0. The molecule has 0 aliphatic carbocycles. The third kappa shape index (κ3) is 8.73. The molecule has 0 aliphatic rings. The number of unbranched alkanes of at least 4 members (excludes halogenated alkanes) is 1. The summed E-state index contributed by atoms with van der Waals surface area (Å²) >= 11 is 0. The first-order chi connectivity index (χ1) is 16.7. The fourth-order valence-corrected chi connectivity index (χ4v) is 3.35. The zero-order valence-electron chi connectivity index (χ0n) is 19.3. The molecule has 9 nitrogen and oxygen atoms in total. The standard InChI is InChI=1S/C25H29FN2O7/c1-2-8-20(23(30)31)28-25(34)35-21(24(32)33)11-6-7-14-27-22(29)18-13-12-17(15-19(18)26)16-9-4-3-5-10-16/h3-5,9-10,12-13,15,20-21H,2,6-8,11,14H2,1H3,(H,27,29)(H,28,34)(H,30,31)(H,32,33)/t20-,21-/m0/s1. The Labute approximate surface area is 202 Å². The number of halogens is 1. The maximum absolute atomic E-state index is 14.4. The van der Waals surface area contributed by atoms with Crippen LogP contribution >= 0.6 is 0 Å². The predicted molar refractivity (Wildman–Crippen MR) is 125 cm³/mol. The number of hydrogen-bond acceptors (Lipinski definition) is 5. The Morgan fingerprint density at radius 3 is 2.26 bits per heavy atom. The van der Waals surface area contributed by atoms with Crippen molar-refractivity contribution in [2.45, 2.75) is 51.2 Å². The highest BCUT2D eigenvalue weighted by Crippen LogP contribution is 2.21. The van der Waals surface area contributed by atoms with Gasteiger partial charge >= 0.3 is 18.0 Å². The lowest BCUT2D eigenvalue weighted by Gasteiger charge is -2.17. The van der Waals surface area contributed by atoms with Crippen LogP contribution in [0.2, 0.25) is 0 Å². The Balaban J connectivity index is 1.79. The summed E-state index contributed by atoms with van der Waals surface area (Å²) < 4.78 is 19.3. The summed E-state index contributed by atoms with van der Waals surface area (Å²) in [5.41, 5.74) is 1.37. The van der Waals surface area contributed by atoms with E-state index in [1.165, 1.54) is 12.1 Å². The van der Waals surface area contributed by atoms with Crippen molar-refractivity contribution in [2.24, 2.45) is 0 Å². The second-order valence-corrected chi connectivity index (χ2v) is 7.87. The maximum atomic E-state index is 14.4. The molecule has 2 aromatic carbocycles. The number of carboxylic acids is 2. The Morgan fingerprint density at radius 1 is 0.943 bits per heavy atom. The van der Waals surface area contributed by atoms with Crippen molar-refractivity contribution in [3.8, 4) is 11.1 Å². The molecule has 0 saturated heterocycles. The number of hydrogen-bond donors (Lipinski definition) is 4. The molecule has 10 heteroatoms. The van der Waals surface area contributed by atoms with E-state index in [9.17, 15) is 28.7 Å². The van der Waals surface area contributed by atoms with E-state index in [4.69, 9.17) is 9.84 Å². The number of alkyl carbamates (subject to hydrolysis) is 1. The number of carbonyl (C=O) groups is 4. The average molecular weight is 489 g/mol. The zero-order valence-corrected chi connectivity index (χ0v) is 19.3. The molecule has 0 radical (unpaired) electrons. The number of rotatable bonds is 13. The Morgan fingerprint density at radius 2 is 1.66 bits per heavy atom. The Kier molecular flexibility index (Phi) is 10.7. The van der Waals surface area contributed by atoms with Crippen molar-refractivity contribution in [2.75, 3.05) is 6.54 Å². The first-order valence-electron chi connectivity index (χ1n) is 11.3. The molecule has 188 valence electrons. The minimum Gasteiger partial charge on any atom is -0.480 e. The van der Waals surface area contributed by atoms with Gasteiger partial charge in [-0.1, -0.05) is 49.7 Å². The molecule has 2 aromatic rings. The van der Waals surface area contributed by atoms with E-state index in [0.29, 0.717) is 18.4 Å². The second kappa shape index (κ2) is 13.7. The van der Waals surface area contributed by atoms with Gasteiger partial charge in [0.15, 0.2) is 0 Å². The van der Waals surface area contributed by atoms with E-state index in [-0.39, 0.29) is 31.4 Å². The van der Waals surface area contributed by atoms with E-state index in [0.717, 1.165) is 5.56 Å². The maximum Gasteiger partial charge on any atom is 0.408 e. The van der Waals surface area contributed by atoms with Gasteiger partial charge < -0.3 is 25.6 Å². The van der Waals surface area contributed by atoms with Gasteiger partial charge in [-0.05, 0) is 48.9 Å². The van der Waals surface area contributed by atoms with Crippen LogP contribution in [0.3, 0.4) is 0 Å². The van der Waals surface area contributed by atoms with E-state index >= 15 is 0 Å². The molecule has 2 amide bonds. The third-order valence-electron chi connectivity index (χ3n) is 5.19. The SMILES string of the molecule is CCC[C@H](NC(=O)O[C@@H](CCCCNC(=O)c1ccc(-c2ccccc2)cc1F)C(=O)O)C(=O)O.